The summed E-state index contributed by atoms with van der Waals surface area (Å²) in [6.45, 7) is 0. The SMILES string of the molecule is CS(=O)(=O)c1ccc(Nc2nccc(N=C(N)CC(N)=C3CC3)n2)cc1. The Bertz CT molecular complexity index is 975. The topological polar surface area (TPSA) is 136 Å². The molecule has 3 rings (SSSR count). The van der Waals surface area contributed by atoms with E-state index in [2.05, 4.69) is 20.3 Å². The molecule has 1 heterocycles. The summed E-state index contributed by atoms with van der Waals surface area (Å²) in [7, 11) is -3.23. The van der Waals surface area contributed by atoms with Crippen molar-refractivity contribution in [1.29, 1.82) is 0 Å². The second-order valence-electron chi connectivity index (χ2n) is 6.07. The average molecular weight is 372 g/mol. The summed E-state index contributed by atoms with van der Waals surface area (Å²) in [5.41, 5.74) is 14.6. The van der Waals surface area contributed by atoms with Crippen LogP contribution < -0.4 is 16.8 Å². The minimum Gasteiger partial charge on any atom is -0.402 e. The third-order valence-electron chi connectivity index (χ3n) is 3.76. The number of benzene rings is 1. The molecule has 0 atom stereocenters. The molecule has 8 nitrogen and oxygen atoms in total. The number of hydrogen-bond acceptors (Lipinski definition) is 7. The second-order valence-corrected chi connectivity index (χ2v) is 8.08. The minimum absolute atomic E-state index is 0.248. The van der Waals surface area contributed by atoms with E-state index in [0.717, 1.165) is 24.8 Å². The van der Waals surface area contributed by atoms with Crippen molar-refractivity contribution < 1.29 is 8.42 Å². The highest BCUT2D eigenvalue weighted by Crippen LogP contribution is 2.30. The van der Waals surface area contributed by atoms with Crippen molar-refractivity contribution in [2.24, 2.45) is 16.5 Å². The van der Waals surface area contributed by atoms with Crippen LogP contribution >= 0.6 is 0 Å². The molecular formula is C17H20N6O2S. The van der Waals surface area contributed by atoms with Crippen molar-refractivity contribution in [2.45, 2.75) is 24.2 Å². The lowest BCUT2D eigenvalue weighted by molar-refractivity contribution is 0.602. The fourth-order valence-electron chi connectivity index (χ4n) is 2.28. The van der Waals surface area contributed by atoms with Crippen LogP contribution in [-0.2, 0) is 9.84 Å². The predicted molar refractivity (Wildman–Crippen MR) is 101 cm³/mol. The molecule has 1 aromatic carbocycles. The summed E-state index contributed by atoms with van der Waals surface area (Å²) in [5.74, 6) is 1.14. The van der Waals surface area contributed by atoms with Crippen molar-refractivity contribution in [3.05, 3.63) is 47.8 Å². The number of nitrogens with two attached hydrogens (primary N) is 2. The highest BCUT2D eigenvalue weighted by Gasteiger charge is 2.16. The van der Waals surface area contributed by atoms with Gasteiger partial charge >= 0.3 is 0 Å². The first kappa shape index (κ1) is 17.9. The molecule has 1 aliphatic carbocycles. The van der Waals surface area contributed by atoms with E-state index in [1.807, 2.05) is 0 Å². The number of aromatic nitrogens is 2. The van der Waals surface area contributed by atoms with Gasteiger partial charge in [0.05, 0.1) is 4.90 Å². The summed E-state index contributed by atoms with van der Waals surface area (Å²) in [6.07, 6.45) is 5.23. The predicted octanol–water partition coefficient (Wildman–Crippen LogP) is 2.01. The third kappa shape index (κ3) is 4.79. The van der Waals surface area contributed by atoms with Crippen LogP contribution in [0.4, 0.5) is 17.5 Å². The zero-order valence-electron chi connectivity index (χ0n) is 14.3. The monoisotopic (exact) mass is 372 g/mol. The quantitative estimate of drug-likeness (QED) is 0.521. The van der Waals surface area contributed by atoms with Gasteiger partial charge in [-0.15, -0.1) is 0 Å². The van der Waals surface area contributed by atoms with Gasteiger partial charge in [0.25, 0.3) is 0 Å². The average Bonchev–Trinajstić information content (AvgIpc) is 3.39. The van der Waals surface area contributed by atoms with Crippen LogP contribution in [0.3, 0.4) is 0 Å². The highest BCUT2D eigenvalue weighted by atomic mass is 32.2. The van der Waals surface area contributed by atoms with Gasteiger partial charge in [-0.3, -0.25) is 0 Å². The summed E-state index contributed by atoms with van der Waals surface area (Å²) >= 11 is 0. The molecule has 0 aliphatic heterocycles. The molecule has 5 N–H and O–H groups in total. The first-order valence-electron chi connectivity index (χ1n) is 8.01. The van der Waals surface area contributed by atoms with Gasteiger partial charge in [-0.1, -0.05) is 5.57 Å². The lowest BCUT2D eigenvalue weighted by atomic mass is 10.3. The number of nitrogens with one attached hydrogen (secondary N) is 1. The van der Waals surface area contributed by atoms with E-state index in [9.17, 15) is 8.42 Å². The lowest BCUT2D eigenvalue weighted by Crippen LogP contribution is -2.15. The number of nitrogens with zero attached hydrogens (tertiary/aromatic N) is 3. The fourth-order valence-corrected chi connectivity index (χ4v) is 2.91. The van der Waals surface area contributed by atoms with Crippen LogP contribution in [0, 0.1) is 0 Å². The van der Waals surface area contributed by atoms with Crippen molar-refractivity contribution in [2.75, 3.05) is 11.6 Å². The van der Waals surface area contributed by atoms with Crippen LogP contribution in [0.15, 0.2) is 57.7 Å². The van der Waals surface area contributed by atoms with Crippen molar-refractivity contribution in [3.63, 3.8) is 0 Å². The van der Waals surface area contributed by atoms with Gasteiger partial charge in [0.1, 0.15) is 5.84 Å². The molecule has 0 unspecified atom stereocenters. The highest BCUT2D eigenvalue weighted by molar-refractivity contribution is 7.90. The van der Waals surface area contributed by atoms with Crippen molar-refractivity contribution in [3.8, 4) is 0 Å². The molecule has 1 aromatic heterocycles. The van der Waals surface area contributed by atoms with Crippen molar-refractivity contribution in [1.82, 2.24) is 9.97 Å². The van der Waals surface area contributed by atoms with Gasteiger partial charge < -0.3 is 16.8 Å². The maximum absolute atomic E-state index is 11.5. The molecule has 1 fully saturated rings. The van der Waals surface area contributed by atoms with Crippen LogP contribution in [0.25, 0.3) is 0 Å². The van der Waals surface area contributed by atoms with E-state index in [4.69, 9.17) is 11.5 Å². The third-order valence-corrected chi connectivity index (χ3v) is 4.89. The van der Waals surface area contributed by atoms with Crippen LogP contribution in [0.1, 0.15) is 19.3 Å². The van der Waals surface area contributed by atoms with E-state index in [0.29, 0.717) is 29.7 Å². The second kappa shape index (κ2) is 7.12. The van der Waals surface area contributed by atoms with Crippen LogP contribution in [0.2, 0.25) is 0 Å². The van der Waals surface area contributed by atoms with Gasteiger partial charge in [-0.2, -0.15) is 4.98 Å². The summed E-state index contributed by atoms with van der Waals surface area (Å²) in [4.78, 5) is 12.9. The summed E-state index contributed by atoms with van der Waals surface area (Å²) < 4.78 is 23.0. The number of allylic oxidation sites excluding steroid dienone is 1. The van der Waals surface area contributed by atoms with E-state index < -0.39 is 9.84 Å². The fraction of sp³-hybridized carbons (Fsp3) is 0.235. The minimum atomic E-state index is -3.23. The normalized spacial score (nSPS) is 14.2. The Morgan fingerprint density at radius 2 is 1.88 bits per heavy atom. The van der Waals surface area contributed by atoms with Gasteiger partial charge in [-0.25, -0.2) is 18.4 Å². The lowest BCUT2D eigenvalue weighted by Gasteiger charge is -2.06. The Morgan fingerprint density at radius 1 is 1.19 bits per heavy atom. The molecule has 0 radical (unpaired) electrons. The molecule has 0 spiro atoms. The van der Waals surface area contributed by atoms with E-state index >= 15 is 0 Å². The molecule has 136 valence electrons. The number of rotatable bonds is 6. The summed E-state index contributed by atoms with van der Waals surface area (Å²) in [5, 5.41) is 3.00. The number of hydrogen-bond donors (Lipinski definition) is 3. The van der Waals surface area contributed by atoms with Gasteiger partial charge in [-0.05, 0) is 37.1 Å². The van der Waals surface area contributed by atoms with Gasteiger partial charge in [0, 0.05) is 36.3 Å². The van der Waals surface area contributed by atoms with Crippen LogP contribution in [0.5, 0.6) is 0 Å². The van der Waals surface area contributed by atoms with E-state index in [1.165, 1.54) is 17.7 Å². The first-order valence-corrected chi connectivity index (χ1v) is 9.90. The smallest absolute Gasteiger partial charge is 0.229 e. The standard InChI is InChI=1S/C17H20N6O2S/c1-26(24,25)13-6-4-12(5-7-13)21-17-20-9-8-16(23-17)22-15(19)10-14(18)11-2-3-11/h4-9H,2-3,10,18H2,1H3,(H3,19,20,21,22,23). The molecule has 0 saturated heterocycles. The zero-order valence-corrected chi connectivity index (χ0v) is 15.1. The Balaban J connectivity index is 1.72. The van der Waals surface area contributed by atoms with Crippen LogP contribution in [-0.4, -0.2) is 30.5 Å². The number of sulfone groups is 1. The van der Waals surface area contributed by atoms with Gasteiger partial charge in [0.15, 0.2) is 15.7 Å². The number of anilines is 2. The van der Waals surface area contributed by atoms with Gasteiger partial charge in [0.2, 0.25) is 5.95 Å². The molecule has 0 amide bonds. The number of amidine groups is 1. The Hall–Kier alpha value is -2.94. The Labute approximate surface area is 152 Å². The molecule has 0 bridgehead atoms. The number of aliphatic imine (C=N–C) groups is 1. The molecule has 9 heteroatoms. The summed E-state index contributed by atoms with van der Waals surface area (Å²) in [6, 6.07) is 7.97. The largest absolute Gasteiger partial charge is 0.402 e. The van der Waals surface area contributed by atoms with E-state index in [-0.39, 0.29) is 4.90 Å². The molecule has 1 saturated carbocycles. The molecule has 26 heavy (non-hydrogen) atoms. The molecule has 1 aliphatic rings. The molecule has 2 aromatic rings. The zero-order chi connectivity index (χ0) is 18.7. The molecular weight excluding hydrogens is 352 g/mol. The Morgan fingerprint density at radius 3 is 2.50 bits per heavy atom. The van der Waals surface area contributed by atoms with E-state index in [1.54, 1.807) is 24.4 Å². The maximum atomic E-state index is 11.5. The Kier molecular flexibility index (Phi) is 4.90. The maximum Gasteiger partial charge on any atom is 0.229 e. The first-order chi connectivity index (χ1) is 12.3. The van der Waals surface area contributed by atoms with Crippen molar-refractivity contribution >= 4 is 33.1 Å².